The summed E-state index contributed by atoms with van der Waals surface area (Å²) in [5.41, 5.74) is -0.332. The van der Waals surface area contributed by atoms with E-state index in [9.17, 15) is 5.11 Å². The Morgan fingerprint density at radius 2 is 1.72 bits per heavy atom. The van der Waals surface area contributed by atoms with E-state index in [2.05, 4.69) is 15.6 Å². The molecule has 0 radical (unpaired) electrons. The molecule has 0 saturated heterocycles. The molecule has 0 spiro atoms. The van der Waals surface area contributed by atoms with Crippen molar-refractivity contribution in [2.45, 2.75) is 32.9 Å². The summed E-state index contributed by atoms with van der Waals surface area (Å²) in [6.07, 6.45) is 0. The highest BCUT2D eigenvalue weighted by Crippen LogP contribution is 2.34. The summed E-state index contributed by atoms with van der Waals surface area (Å²) < 4.78 is 21.7. The van der Waals surface area contributed by atoms with Crippen molar-refractivity contribution in [3.63, 3.8) is 0 Å². The standard InChI is InChI=1S/C21H31N3O5/c1-7-22-20(24-13-21(3,25)19-9-8-14(2)29-19)23-12-15-10-17(27-5)18(28-6)11-16(15)26-4/h8-11,25H,7,12-13H2,1-6H3,(H2,22,23,24). The maximum absolute atomic E-state index is 10.7. The van der Waals surface area contributed by atoms with Crippen LogP contribution in [0.25, 0.3) is 0 Å². The largest absolute Gasteiger partial charge is 0.496 e. The number of guanidine groups is 1. The normalized spacial score (nSPS) is 13.6. The molecule has 0 fully saturated rings. The van der Waals surface area contributed by atoms with E-state index in [1.54, 1.807) is 40.4 Å². The highest BCUT2D eigenvalue weighted by Gasteiger charge is 2.27. The molecule has 2 rings (SSSR count). The van der Waals surface area contributed by atoms with Crippen molar-refractivity contribution < 1.29 is 23.7 Å². The molecule has 1 aromatic carbocycles. The average Bonchev–Trinajstić information content (AvgIpc) is 3.16. The molecule has 1 atom stereocenters. The van der Waals surface area contributed by atoms with Gasteiger partial charge < -0.3 is 34.4 Å². The van der Waals surface area contributed by atoms with Crippen molar-refractivity contribution in [3.05, 3.63) is 41.3 Å². The topological polar surface area (TPSA) is 97.5 Å². The minimum atomic E-state index is -1.18. The van der Waals surface area contributed by atoms with Gasteiger partial charge in [0.15, 0.2) is 17.5 Å². The number of benzene rings is 1. The Kier molecular flexibility index (Phi) is 7.78. The molecule has 1 unspecified atom stereocenters. The summed E-state index contributed by atoms with van der Waals surface area (Å²) in [6, 6.07) is 7.21. The fourth-order valence-corrected chi connectivity index (χ4v) is 2.79. The molecule has 0 aliphatic carbocycles. The molecule has 0 bridgehead atoms. The summed E-state index contributed by atoms with van der Waals surface area (Å²) in [6.45, 7) is 6.77. The van der Waals surface area contributed by atoms with E-state index in [4.69, 9.17) is 18.6 Å². The summed E-state index contributed by atoms with van der Waals surface area (Å²) in [5, 5.41) is 17.1. The molecule has 29 heavy (non-hydrogen) atoms. The number of aliphatic hydroxyl groups is 1. The third-order valence-corrected chi connectivity index (χ3v) is 4.41. The first-order chi connectivity index (χ1) is 13.8. The number of ether oxygens (including phenoxy) is 3. The summed E-state index contributed by atoms with van der Waals surface area (Å²) in [7, 11) is 4.76. The van der Waals surface area contributed by atoms with E-state index < -0.39 is 5.60 Å². The van der Waals surface area contributed by atoms with Crippen LogP contribution < -0.4 is 24.8 Å². The Morgan fingerprint density at radius 3 is 2.28 bits per heavy atom. The Morgan fingerprint density at radius 1 is 1.07 bits per heavy atom. The highest BCUT2D eigenvalue weighted by molar-refractivity contribution is 5.79. The Bertz CT molecular complexity index is 830. The molecule has 2 aromatic rings. The summed E-state index contributed by atoms with van der Waals surface area (Å²) >= 11 is 0. The summed E-state index contributed by atoms with van der Waals surface area (Å²) in [4.78, 5) is 4.60. The molecule has 8 heteroatoms. The maximum Gasteiger partial charge on any atom is 0.191 e. The Hall–Kier alpha value is -2.87. The third kappa shape index (κ3) is 5.80. The molecule has 0 saturated carbocycles. The van der Waals surface area contributed by atoms with Gasteiger partial charge in [-0.3, -0.25) is 0 Å². The van der Waals surface area contributed by atoms with Crippen LogP contribution in [0.5, 0.6) is 17.2 Å². The van der Waals surface area contributed by atoms with Crippen molar-refractivity contribution in [1.29, 1.82) is 0 Å². The predicted octanol–water partition coefficient (Wildman–Crippen LogP) is 2.58. The van der Waals surface area contributed by atoms with Gasteiger partial charge in [0.25, 0.3) is 0 Å². The minimum absolute atomic E-state index is 0.231. The maximum atomic E-state index is 10.7. The van der Waals surface area contributed by atoms with Gasteiger partial charge in [0.2, 0.25) is 0 Å². The number of nitrogens with one attached hydrogen (secondary N) is 2. The number of furan rings is 1. The van der Waals surface area contributed by atoms with Gasteiger partial charge in [0, 0.05) is 18.2 Å². The first-order valence-electron chi connectivity index (χ1n) is 9.45. The summed E-state index contributed by atoms with van der Waals surface area (Å²) in [5.74, 6) is 3.66. The van der Waals surface area contributed by atoms with E-state index in [0.29, 0.717) is 42.1 Å². The lowest BCUT2D eigenvalue weighted by atomic mass is 10.0. The van der Waals surface area contributed by atoms with E-state index in [-0.39, 0.29) is 6.54 Å². The van der Waals surface area contributed by atoms with Crippen molar-refractivity contribution in [3.8, 4) is 17.2 Å². The van der Waals surface area contributed by atoms with Gasteiger partial charge in [-0.15, -0.1) is 0 Å². The Labute approximate surface area is 171 Å². The van der Waals surface area contributed by atoms with Gasteiger partial charge in [-0.1, -0.05) is 0 Å². The van der Waals surface area contributed by atoms with E-state index in [0.717, 1.165) is 11.3 Å². The van der Waals surface area contributed by atoms with Gasteiger partial charge in [-0.05, 0) is 39.0 Å². The lowest BCUT2D eigenvalue weighted by Crippen LogP contribution is -2.44. The second-order valence-electron chi connectivity index (χ2n) is 6.75. The van der Waals surface area contributed by atoms with Crippen LogP contribution in [0.3, 0.4) is 0 Å². The lowest BCUT2D eigenvalue weighted by molar-refractivity contribution is 0.0378. The van der Waals surface area contributed by atoms with Gasteiger partial charge in [-0.25, -0.2) is 4.99 Å². The minimum Gasteiger partial charge on any atom is -0.496 e. The van der Waals surface area contributed by atoms with Crippen LogP contribution in [-0.4, -0.2) is 45.5 Å². The quantitative estimate of drug-likeness (QED) is 0.436. The Balaban J connectivity index is 2.16. The van der Waals surface area contributed by atoms with E-state index in [1.807, 2.05) is 26.0 Å². The van der Waals surface area contributed by atoms with Crippen LogP contribution in [0.2, 0.25) is 0 Å². The number of aliphatic imine (C=N–C) groups is 1. The van der Waals surface area contributed by atoms with Crippen LogP contribution in [-0.2, 0) is 12.1 Å². The van der Waals surface area contributed by atoms with Crippen molar-refractivity contribution >= 4 is 5.96 Å². The van der Waals surface area contributed by atoms with Crippen LogP contribution in [0, 0.1) is 6.92 Å². The van der Waals surface area contributed by atoms with Gasteiger partial charge >= 0.3 is 0 Å². The zero-order chi connectivity index (χ0) is 21.4. The number of hydrogen-bond donors (Lipinski definition) is 3. The zero-order valence-electron chi connectivity index (χ0n) is 18.0. The third-order valence-electron chi connectivity index (χ3n) is 4.41. The second kappa shape index (κ2) is 10.1. The average molecular weight is 405 g/mol. The highest BCUT2D eigenvalue weighted by atomic mass is 16.5. The first-order valence-corrected chi connectivity index (χ1v) is 9.45. The molecular formula is C21H31N3O5. The monoisotopic (exact) mass is 405 g/mol. The number of aryl methyl sites for hydroxylation is 1. The molecule has 0 aliphatic rings. The molecule has 3 N–H and O–H groups in total. The SMILES string of the molecule is CCNC(=NCc1cc(OC)c(OC)cc1OC)NCC(C)(O)c1ccc(C)o1. The molecule has 0 aliphatic heterocycles. The first kappa shape index (κ1) is 22.4. The molecule has 160 valence electrons. The smallest absolute Gasteiger partial charge is 0.191 e. The molecular weight excluding hydrogens is 374 g/mol. The lowest BCUT2D eigenvalue weighted by Gasteiger charge is -2.23. The fourth-order valence-electron chi connectivity index (χ4n) is 2.79. The molecule has 1 aromatic heterocycles. The molecule has 1 heterocycles. The number of hydrogen-bond acceptors (Lipinski definition) is 6. The van der Waals surface area contributed by atoms with Crippen LogP contribution in [0.1, 0.15) is 30.9 Å². The number of nitrogens with zero attached hydrogens (tertiary/aromatic N) is 1. The van der Waals surface area contributed by atoms with E-state index in [1.165, 1.54) is 0 Å². The van der Waals surface area contributed by atoms with Crippen molar-refractivity contribution in [2.24, 2.45) is 4.99 Å². The molecule has 0 amide bonds. The second-order valence-corrected chi connectivity index (χ2v) is 6.75. The molecule has 8 nitrogen and oxygen atoms in total. The van der Waals surface area contributed by atoms with Crippen LogP contribution in [0.4, 0.5) is 0 Å². The van der Waals surface area contributed by atoms with Gasteiger partial charge in [0.05, 0.1) is 34.4 Å². The van der Waals surface area contributed by atoms with Crippen molar-refractivity contribution in [1.82, 2.24) is 10.6 Å². The number of rotatable bonds is 9. The zero-order valence-corrected chi connectivity index (χ0v) is 18.0. The van der Waals surface area contributed by atoms with Crippen molar-refractivity contribution in [2.75, 3.05) is 34.4 Å². The van der Waals surface area contributed by atoms with Crippen LogP contribution >= 0.6 is 0 Å². The van der Waals surface area contributed by atoms with Gasteiger partial charge in [0.1, 0.15) is 22.9 Å². The van der Waals surface area contributed by atoms with Crippen LogP contribution in [0.15, 0.2) is 33.7 Å². The fraction of sp³-hybridized carbons (Fsp3) is 0.476. The predicted molar refractivity (Wildman–Crippen MR) is 112 cm³/mol. The van der Waals surface area contributed by atoms with E-state index >= 15 is 0 Å². The van der Waals surface area contributed by atoms with Gasteiger partial charge in [-0.2, -0.15) is 0 Å². The number of methoxy groups -OCH3 is 3.